The molecule has 0 saturated heterocycles. The summed E-state index contributed by atoms with van der Waals surface area (Å²) < 4.78 is 1.89. The molecule has 0 amide bonds. The van der Waals surface area contributed by atoms with Crippen LogP contribution in [0.5, 0.6) is 0 Å². The van der Waals surface area contributed by atoms with E-state index in [9.17, 15) is 0 Å². The maximum Gasteiger partial charge on any atom is 0.316 e. The van der Waals surface area contributed by atoms with E-state index in [1.165, 1.54) is 0 Å². The van der Waals surface area contributed by atoms with Gasteiger partial charge in [-0.05, 0) is 6.08 Å². The largest absolute Gasteiger partial charge is 0.316 e. The molecule has 0 aromatic carbocycles. The van der Waals surface area contributed by atoms with Gasteiger partial charge in [-0.3, -0.25) is 0 Å². The third-order valence-corrected chi connectivity index (χ3v) is 1.63. The minimum Gasteiger partial charge on any atom is -0.123 e. The molecule has 1 unspecified atom stereocenters. The molecule has 0 N–H and O–H groups in total. The summed E-state index contributed by atoms with van der Waals surface area (Å²) in [4.78, 5) is 4.10. The van der Waals surface area contributed by atoms with Crippen molar-refractivity contribution in [3.05, 3.63) is 24.6 Å². The van der Waals surface area contributed by atoms with Gasteiger partial charge in [-0.15, -0.1) is 4.70 Å². The van der Waals surface area contributed by atoms with Crippen LogP contribution in [-0.4, -0.2) is 16.6 Å². The standard InChI is InChI=1S/C7H8N3/c1-6-8-4-2-7-3-5-9-10(6)7/h2-5,7H,1H3/q+1. The molecule has 0 saturated carbocycles. The lowest BCUT2D eigenvalue weighted by atomic mass is 10.2. The summed E-state index contributed by atoms with van der Waals surface area (Å²) in [5.41, 5.74) is 0. The van der Waals surface area contributed by atoms with Gasteiger partial charge < -0.3 is 0 Å². The van der Waals surface area contributed by atoms with E-state index in [0.29, 0.717) is 6.04 Å². The van der Waals surface area contributed by atoms with E-state index in [0.717, 1.165) is 5.84 Å². The summed E-state index contributed by atoms with van der Waals surface area (Å²) in [6, 6.07) is 0.317. The number of fused-ring (bicyclic) bond motifs is 1. The van der Waals surface area contributed by atoms with Crippen LogP contribution in [0, 0.1) is 0 Å². The van der Waals surface area contributed by atoms with Crippen LogP contribution in [0.25, 0.3) is 0 Å². The molecule has 1 atom stereocenters. The fourth-order valence-corrected chi connectivity index (χ4v) is 1.10. The first-order valence-electron chi connectivity index (χ1n) is 3.26. The number of rotatable bonds is 0. The normalized spacial score (nSPS) is 27.9. The van der Waals surface area contributed by atoms with Crippen molar-refractivity contribution in [2.75, 3.05) is 0 Å². The smallest absolute Gasteiger partial charge is 0.123 e. The van der Waals surface area contributed by atoms with Crippen LogP contribution >= 0.6 is 0 Å². The average Bonchev–Trinajstić information content (AvgIpc) is 2.36. The summed E-state index contributed by atoms with van der Waals surface area (Å²) in [7, 11) is 0. The van der Waals surface area contributed by atoms with Crippen LogP contribution in [0.3, 0.4) is 0 Å². The maximum absolute atomic E-state index is 4.11. The summed E-state index contributed by atoms with van der Waals surface area (Å²) >= 11 is 0. The molecule has 0 radical (unpaired) electrons. The van der Waals surface area contributed by atoms with Gasteiger partial charge in [0.25, 0.3) is 0 Å². The third-order valence-electron chi connectivity index (χ3n) is 1.63. The highest BCUT2D eigenvalue weighted by Crippen LogP contribution is 2.10. The molecule has 0 aromatic rings. The van der Waals surface area contributed by atoms with Gasteiger partial charge in [0.15, 0.2) is 6.04 Å². The van der Waals surface area contributed by atoms with E-state index in [2.05, 4.69) is 10.1 Å². The quantitative estimate of drug-likeness (QED) is 0.446. The van der Waals surface area contributed by atoms with E-state index in [1.54, 1.807) is 6.20 Å². The molecule has 50 valence electrons. The Bertz CT molecular complexity index is 271. The van der Waals surface area contributed by atoms with Crippen molar-refractivity contribution in [1.29, 1.82) is 0 Å². The Labute approximate surface area is 59.1 Å². The van der Waals surface area contributed by atoms with Crippen molar-refractivity contribution >= 4 is 5.84 Å². The number of azo groups is 2. The molecule has 0 aliphatic carbocycles. The zero-order valence-electron chi connectivity index (χ0n) is 5.73. The molecule has 3 heteroatoms. The minimum atomic E-state index is 0.317. The Balaban J connectivity index is 2.44. The van der Waals surface area contributed by atoms with E-state index < -0.39 is 0 Å². The number of amidine groups is 1. The third kappa shape index (κ3) is 0.635. The molecule has 0 aromatic heterocycles. The van der Waals surface area contributed by atoms with Crippen LogP contribution in [0.2, 0.25) is 0 Å². The predicted molar refractivity (Wildman–Crippen MR) is 37.9 cm³/mol. The Morgan fingerprint density at radius 2 is 2.20 bits per heavy atom. The second-order valence-corrected chi connectivity index (χ2v) is 2.31. The lowest BCUT2D eigenvalue weighted by Crippen LogP contribution is -2.25. The Morgan fingerprint density at radius 3 is 3.00 bits per heavy atom. The van der Waals surface area contributed by atoms with Gasteiger partial charge >= 0.3 is 5.84 Å². The Kier molecular flexibility index (Phi) is 1.03. The molecule has 2 aliphatic heterocycles. The van der Waals surface area contributed by atoms with Crippen LogP contribution < -0.4 is 0 Å². The minimum absolute atomic E-state index is 0.317. The first-order chi connectivity index (χ1) is 4.88. The fourth-order valence-electron chi connectivity index (χ4n) is 1.10. The molecular formula is C7H8N3+. The second-order valence-electron chi connectivity index (χ2n) is 2.31. The van der Waals surface area contributed by atoms with Crippen molar-refractivity contribution in [3.63, 3.8) is 0 Å². The predicted octanol–water partition coefficient (Wildman–Crippen LogP) is 1.29. The van der Waals surface area contributed by atoms with Crippen molar-refractivity contribution in [2.45, 2.75) is 13.0 Å². The lowest BCUT2D eigenvalue weighted by molar-refractivity contribution is -0.490. The molecule has 10 heavy (non-hydrogen) atoms. The number of hydrogen-bond donors (Lipinski definition) is 0. The SMILES string of the molecule is CC1=NC=CC2C=CN=[N+]12. The van der Waals surface area contributed by atoms with E-state index in [1.807, 2.05) is 30.0 Å². The first kappa shape index (κ1) is 5.53. The zero-order chi connectivity index (χ0) is 6.97. The highest BCUT2D eigenvalue weighted by atomic mass is 15.3. The highest BCUT2D eigenvalue weighted by Gasteiger charge is 2.24. The average molecular weight is 134 g/mol. The van der Waals surface area contributed by atoms with Gasteiger partial charge in [-0.25, -0.2) is 0 Å². The molecule has 0 bridgehead atoms. The van der Waals surface area contributed by atoms with E-state index in [-0.39, 0.29) is 0 Å². The van der Waals surface area contributed by atoms with Crippen LogP contribution in [0.1, 0.15) is 6.92 Å². The zero-order valence-corrected chi connectivity index (χ0v) is 5.73. The molecule has 2 heterocycles. The van der Waals surface area contributed by atoms with Gasteiger partial charge in [0, 0.05) is 13.0 Å². The summed E-state index contributed by atoms with van der Waals surface area (Å²) in [6.45, 7) is 1.95. The van der Waals surface area contributed by atoms with Crippen LogP contribution in [0.4, 0.5) is 0 Å². The van der Waals surface area contributed by atoms with Gasteiger partial charge in [0.05, 0.1) is 6.20 Å². The number of hydrogen-bond acceptors (Lipinski definition) is 2. The molecule has 2 rings (SSSR count). The molecule has 0 spiro atoms. The van der Waals surface area contributed by atoms with Crippen molar-refractivity contribution < 1.29 is 4.70 Å². The van der Waals surface area contributed by atoms with Gasteiger partial charge in [0.1, 0.15) is 6.20 Å². The maximum atomic E-state index is 4.11. The van der Waals surface area contributed by atoms with Gasteiger partial charge in [0.2, 0.25) is 0 Å². The Hall–Kier alpha value is -1.25. The van der Waals surface area contributed by atoms with Gasteiger partial charge in [-0.2, -0.15) is 0 Å². The molecular weight excluding hydrogens is 126 g/mol. The first-order valence-corrected chi connectivity index (χ1v) is 3.26. The fraction of sp³-hybridized carbons (Fsp3) is 0.286. The highest BCUT2D eigenvalue weighted by molar-refractivity contribution is 5.72. The molecule has 3 nitrogen and oxygen atoms in total. The Morgan fingerprint density at radius 1 is 1.40 bits per heavy atom. The number of nitrogens with zero attached hydrogens (tertiary/aromatic N) is 3. The summed E-state index contributed by atoms with van der Waals surface area (Å²) in [6.07, 6.45) is 7.68. The van der Waals surface area contributed by atoms with E-state index >= 15 is 0 Å². The van der Waals surface area contributed by atoms with Crippen LogP contribution in [0.15, 0.2) is 34.7 Å². The molecule has 2 aliphatic rings. The van der Waals surface area contributed by atoms with Crippen molar-refractivity contribution in [3.8, 4) is 0 Å². The lowest BCUT2D eigenvalue weighted by Gasteiger charge is -2.03. The summed E-state index contributed by atoms with van der Waals surface area (Å²) in [5, 5.41) is 4.11. The molecule has 0 fully saturated rings. The second kappa shape index (κ2) is 1.87. The number of aliphatic imine (C=N–C) groups is 1. The van der Waals surface area contributed by atoms with Crippen molar-refractivity contribution in [2.24, 2.45) is 10.1 Å². The topological polar surface area (TPSA) is 27.7 Å². The van der Waals surface area contributed by atoms with Gasteiger partial charge in [-0.1, -0.05) is 10.1 Å². The van der Waals surface area contributed by atoms with Crippen molar-refractivity contribution in [1.82, 2.24) is 0 Å². The summed E-state index contributed by atoms with van der Waals surface area (Å²) in [5.74, 6) is 0.956. The monoisotopic (exact) mass is 134 g/mol. The van der Waals surface area contributed by atoms with E-state index in [4.69, 9.17) is 0 Å². The van der Waals surface area contributed by atoms with Crippen LogP contribution in [-0.2, 0) is 0 Å².